The van der Waals surface area contributed by atoms with Crippen LogP contribution in [-0.4, -0.2) is 23.6 Å². The summed E-state index contributed by atoms with van der Waals surface area (Å²) in [6, 6.07) is 49.1. The molecule has 280 valence electrons. The minimum atomic E-state index is -0.581. The second-order valence-corrected chi connectivity index (χ2v) is 15.3. The third kappa shape index (κ3) is 4.95. The first-order valence-corrected chi connectivity index (χ1v) is 19.5. The van der Waals surface area contributed by atoms with E-state index in [9.17, 15) is 29.7 Å². The molecule has 8 heteroatoms. The minimum absolute atomic E-state index is 0.165. The van der Waals surface area contributed by atoms with Crippen molar-refractivity contribution in [1.29, 1.82) is 10.5 Å². The molecule has 11 rings (SSSR count). The molecule has 2 aliphatic rings. The van der Waals surface area contributed by atoms with Crippen molar-refractivity contribution in [3.63, 3.8) is 0 Å². The number of benzene rings is 9. The van der Waals surface area contributed by atoms with Crippen molar-refractivity contribution in [3.8, 4) is 12.1 Å². The predicted molar refractivity (Wildman–Crippen MR) is 231 cm³/mol. The van der Waals surface area contributed by atoms with Crippen molar-refractivity contribution in [2.45, 2.75) is 12.8 Å². The molecule has 0 saturated carbocycles. The fraction of sp³-hybridized carbons (Fsp3) is 0.0385. The second kappa shape index (κ2) is 13.0. The Bertz CT molecular complexity index is 3320. The van der Waals surface area contributed by atoms with Gasteiger partial charge in [0.15, 0.2) is 0 Å². The number of hydrogen-bond donors (Lipinski definition) is 0. The van der Waals surface area contributed by atoms with Gasteiger partial charge in [0.1, 0.15) is 0 Å². The number of nitriles is 2. The molecule has 0 radical (unpaired) electrons. The van der Waals surface area contributed by atoms with Gasteiger partial charge in [-0.3, -0.25) is 19.2 Å². The molecule has 2 heterocycles. The zero-order valence-corrected chi connectivity index (χ0v) is 31.7. The number of hydrogen-bond acceptors (Lipinski definition) is 6. The predicted octanol–water partition coefficient (Wildman–Crippen LogP) is 10.3. The van der Waals surface area contributed by atoms with Gasteiger partial charge in [0.05, 0.1) is 45.8 Å². The largest absolute Gasteiger partial charge is 0.268 e. The van der Waals surface area contributed by atoms with Crippen LogP contribution in [0.15, 0.2) is 146 Å². The molecule has 0 bridgehead atoms. The van der Waals surface area contributed by atoms with Gasteiger partial charge in [-0.15, -0.1) is 0 Å². The number of rotatable bonds is 6. The van der Waals surface area contributed by atoms with Gasteiger partial charge in [0.25, 0.3) is 23.6 Å². The average Bonchev–Trinajstić information content (AvgIpc) is 3.28. The molecule has 0 aliphatic carbocycles. The van der Waals surface area contributed by atoms with Gasteiger partial charge >= 0.3 is 0 Å². The van der Waals surface area contributed by atoms with E-state index in [0.717, 1.165) is 27.2 Å². The zero-order chi connectivity index (χ0) is 40.8. The molecule has 0 aromatic heterocycles. The van der Waals surface area contributed by atoms with Crippen LogP contribution in [0.3, 0.4) is 0 Å². The van der Waals surface area contributed by atoms with Crippen LogP contribution in [0.5, 0.6) is 0 Å². The fourth-order valence-corrected chi connectivity index (χ4v) is 9.30. The van der Waals surface area contributed by atoms with Crippen LogP contribution in [0.25, 0.3) is 43.1 Å². The Balaban J connectivity index is 1.06. The van der Waals surface area contributed by atoms with Crippen molar-refractivity contribution in [2.24, 2.45) is 0 Å². The van der Waals surface area contributed by atoms with Gasteiger partial charge in [-0.05, 0) is 99.8 Å². The fourth-order valence-electron chi connectivity index (χ4n) is 9.30. The summed E-state index contributed by atoms with van der Waals surface area (Å²) in [7, 11) is 0. The van der Waals surface area contributed by atoms with E-state index in [-0.39, 0.29) is 22.3 Å². The third-order valence-corrected chi connectivity index (χ3v) is 12.0. The summed E-state index contributed by atoms with van der Waals surface area (Å²) >= 11 is 0. The van der Waals surface area contributed by atoms with Crippen molar-refractivity contribution in [1.82, 2.24) is 0 Å². The molecule has 60 heavy (non-hydrogen) atoms. The third-order valence-electron chi connectivity index (χ3n) is 12.0. The van der Waals surface area contributed by atoms with E-state index in [2.05, 4.69) is 12.1 Å². The molecular weight excluding hydrogens is 745 g/mol. The summed E-state index contributed by atoms with van der Waals surface area (Å²) in [6.07, 6.45) is 1.38. The monoisotopic (exact) mass is 772 g/mol. The lowest BCUT2D eigenvalue weighted by Gasteiger charge is -2.31. The smallest absolute Gasteiger partial charge is 0.266 e. The highest BCUT2D eigenvalue weighted by Gasteiger charge is 2.39. The molecule has 4 amide bonds. The zero-order valence-electron chi connectivity index (χ0n) is 31.7. The molecule has 8 nitrogen and oxygen atoms in total. The van der Waals surface area contributed by atoms with E-state index in [0.29, 0.717) is 78.4 Å². The highest BCUT2D eigenvalue weighted by Crippen LogP contribution is 2.49. The molecule has 0 fully saturated rings. The average molecular weight is 773 g/mol. The first-order chi connectivity index (χ1) is 29.3. The van der Waals surface area contributed by atoms with Crippen LogP contribution in [0.1, 0.15) is 74.8 Å². The Kier molecular flexibility index (Phi) is 7.55. The number of fused-ring (bicyclic) bond motifs is 2. The number of carbonyl (C=O) groups excluding carboxylic acids is 4. The molecule has 2 aliphatic heterocycles. The summed E-state index contributed by atoms with van der Waals surface area (Å²) in [5.74, 6) is -2.15. The van der Waals surface area contributed by atoms with Crippen LogP contribution in [0, 0.1) is 22.7 Å². The second-order valence-electron chi connectivity index (χ2n) is 15.3. The molecule has 0 saturated heterocycles. The van der Waals surface area contributed by atoms with E-state index < -0.39 is 23.6 Å². The normalized spacial score (nSPS) is 13.5. The number of imide groups is 2. The van der Waals surface area contributed by atoms with Crippen molar-refractivity contribution in [2.75, 3.05) is 9.80 Å². The maximum Gasteiger partial charge on any atom is 0.266 e. The SMILES string of the molecule is N#Cc1cc2c3c(cc(C#N)c4c5ccc6c7c(ccc(c1c34)c75)C(=O)N(c1ccc(Cc3ccccc3)cc1)C6=O)C(=O)N(c1ccc(Cc3ccccc3)cc1)C2=O. The number of anilines is 2. The molecule has 0 spiro atoms. The van der Waals surface area contributed by atoms with Crippen molar-refractivity contribution in [3.05, 3.63) is 201 Å². The van der Waals surface area contributed by atoms with Gasteiger partial charge < -0.3 is 0 Å². The standard InChI is InChI=1S/C52H28N4O4/c53-27-33-25-41-47-42(52(60)56(51(41)59)36-17-13-32(14-18-36)24-30-9-5-2-6-10-30)26-34(28-54)44-38-20-22-40-46-39(21-19-37(45(38)46)43(33)48(44)47)49(57)55(50(40)58)35-15-11-31(12-16-35)23-29-7-3-1-4-8-29/h1-22,25-26H,23-24H2. The Morgan fingerprint density at radius 2 is 0.733 bits per heavy atom. The van der Waals surface area contributed by atoms with Gasteiger partial charge in [-0.25, -0.2) is 9.80 Å². The van der Waals surface area contributed by atoms with E-state index in [1.807, 2.05) is 84.9 Å². The molecule has 0 N–H and O–H groups in total. The molecule has 0 atom stereocenters. The molecular formula is C52H28N4O4. The topological polar surface area (TPSA) is 122 Å². The van der Waals surface area contributed by atoms with E-state index in [1.165, 1.54) is 17.0 Å². The maximum absolute atomic E-state index is 14.5. The highest BCUT2D eigenvalue weighted by atomic mass is 16.2. The quantitative estimate of drug-likeness (QED) is 0.0942. The Hall–Kier alpha value is -8.46. The Morgan fingerprint density at radius 3 is 1.13 bits per heavy atom. The molecule has 0 unspecified atom stereocenters. The Labute approximate surface area is 342 Å². The molecule has 9 aromatic carbocycles. The maximum atomic E-state index is 14.5. The number of carbonyl (C=O) groups is 4. The first kappa shape index (κ1) is 34.8. The van der Waals surface area contributed by atoms with E-state index >= 15 is 0 Å². The van der Waals surface area contributed by atoms with Crippen LogP contribution >= 0.6 is 0 Å². The van der Waals surface area contributed by atoms with Gasteiger partial charge in [-0.1, -0.05) is 97.1 Å². The summed E-state index contributed by atoms with van der Waals surface area (Å²) in [4.78, 5) is 60.0. The van der Waals surface area contributed by atoms with Crippen LogP contribution in [-0.2, 0) is 12.8 Å². The lowest BCUT2D eigenvalue weighted by molar-refractivity contribution is 0.0877. The lowest BCUT2D eigenvalue weighted by atomic mass is 9.79. The van der Waals surface area contributed by atoms with Crippen molar-refractivity contribution < 1.29 is 19.2 Å². The summed E-state index contributed by atoms with van der Waals surface area (Å²) in [5.41, 5.74) is 6.40. The van der Waals surface area contributed by atoms with Crippen LogP contribution in [0.2, 0.25) is 0 Å². The van der Waals surface area contributed by atoms with Gasteiger partial charge in [-0.2, -0.15) is 10.5 Å². The van der Waals surface area contributed by atoms with E-state index in [1.54, 1.807) is 48.5 Å². The number of amides is 4. The van der Waals surface area contributed by atoms with Crippen LogP contribution < -0.4 is 9.80 Å². The Morgan fingerprint density at radius 1 is 0.367 bits per heavy atom. The highest BCUT2D eigenvalue weighted by molar-refractivity contribution is 6.46. The number of nitrogens with zero attached hydrogens (tertiary/aromatic N) is 4. The first-order valence-electron chi connectivity index (χ1n) is 19.5. The lowest BCUT2D eigenvalue weighted by Crippen LogP contribution is -2.40. The van der Waals surface area contributed by atoms with Gasteiger partial charge in [0.2, 0.25) is 0 Å². The molecule has 9 aromatic rings. The van der Waals surface area contributed by atoms with E-state index in [4.69, 9.17) is 0 Å². The van der Waals surface area contributed by atoms with Gasteiger partial charge in [0, 0.05) is 38.1 Å². The van der Waals surface area contributed by atoms with Crippen LogP contribution in [0.4, 0.5) is 11.4 Å². The minimum Gasteiger partial charge on any atom is -0.268 e. The summed E-state index contributed by atoms with van der Waals surface area (Å²) in [5, 5.41) is 25.3. The summed E-state index contributed by atoms with van der Waals surface area (Å²) < 4.78 is 0. The summed E-state index contributed by atoms with van der Waals surface area (Å²) in [6.45, 7) is 0. The van der Waals surface area contributed by atoms with Crippen molar-refractivity contribution >= 4 is 78.1 Å².